The van der Waals surface area contributed by atoms with E-state index in [4.69, 9.17) is 4.43 Å². The van der Waals surface area contributed by atoms with E-state index in [9.17, 15) is 18.0 Å². The summed E-state index contributed by atoms with van der Waals surface area (Å²) in [5.74, 6) is -1.76. The largest absolute Gasteiger partial charge is 0.454 e. The van der Waals surface area contributed by atoms with Gasteiger partial charge in [0.2, 0.25) is 0 Å². The molecule has 6 heteroatoms. The van der Waals surface area contributed by atoms with Crippen LogP contribution in [0.3, 0.4) is 0 Å². The third-order valence-corrected chi connectivity index (χ3v) is 9.45. The first-order valence-electron chi connectivity index (χ1n) is 7.76. The van der Waals surface area contributed by atoms with Crippen LogP contribution < -0.4 is 0 Å². The van der Waals surface area contributed by atoms with E-state index in [2.05, 4.69) is 33.9 Å². The molecule has 1 aromatic rings. The Labute approximate surface area is 136 Å². The van der Waals surface area contributed by atoms with E-state index < -0.39 is 20.3 Å². The van der Waals surface area contributed by atoms with Gasteiger partial charge >= 0.3 is 6.18 Å². The van der Waals surface area contributed by atoms with Crippen LogP contribution in [0.2, 0.25) is 18.1 Å². The van der Waals surface area contributed by atoms with E-state index in [-0.39, 0.29) is 16.7 Å². The number of ketones is 1. The summed E-state index contributed by atoms with van der Waals surface area (Å²) in [6, 6.07) is 4.57. The van der Waals surface area contributed by atoms with E-state index in [1.54, 1.807) is 6.07 Å². The molecule has 1 atom stereocenters. The molecule has 0 saturated carbocycles. The first-order valence-corrected chi connectivity index (χ1v) is 10.7. The van der Waals surface area contributed by atoms with Crippen molar-refractivity contribution >= 4 is 14.1 Å². The molecule has 0 aliphatic heterocycles. The number of carbonyl (C=O) groups is 1. The first kappa shape index (κ1) is 18.2. The zero-order chi connectivity index (χ0) is 17.6. The maximum absolute atomic E-state index is 12.8. The molecule has 2 rings (SSSR count). The van der Waals surface area contributed by atoms with Gasteiger partial charge in [-0.2, -0.15) is 13.2 Å². The van der Waals surface area contributed by atoms with Crippen LogP contribution in [0.15, 0.2) is 18.2 Å². The third kappa shape index (κ3) is 3.53. The van der Waals surface area contributed by atoms with Gasteiger partial charge in [0.15, 0.2) is 8.32 Å². The molecular formula is C17H23F3O2Si. The summed E-state index contributed by atoms with van der Waals surface area (Å²) < 4.78 is 44.6. The predicted molar refractivity (Wildman–Crippen MR) is 86.2 cm³/mol. The Morgan fingerprint density at radius 1 is 1.22 bits per heavy atom. The number of benzene rings is 1. The monoisotopic (exact) mass is 344 g/mol. The molecule has 1 unspecified atom stereocenters. The van der Waals surface area contributed by atoms with Crippen molar-refractivity contribution in [2.45, 2.75) is 64.0 Å². The molecule has 0 N–H and O–H groups in total. The summed E-state index contributed by atoms with van der Waals surface area (Å²) in [7, 11) is -2.03. The van der Waals surface area contributed by atoms with Gasteiger partial charge in [-0.3, -0.25) is 4.79 Å². The third-order valence-electron chi connectivity index (χ3n) is 4.96. The van der Waals surface area contributed by atoms with Gasteiger partial charge in [-0.05, 0) is 42.1 Å². The molecule has 0 bridgehead atoms. The van der Waals surface area contributed by atoms with Gasteiger partial charge in [-0.15, -0.1) is 0 Å². The average Bonchev–Trinajstić information content (AvgIpc) is 2.78. The first-order chi connectivity index (χ1) is 10.3. The summed E-state index contributed by atoms with van der Waals surface area (Å²) in [5.41, 5.74) is 1.01. The molecule has 1 aliphatic rings. The Morgan fingerprint density at radius 2 is 1.83 bits per heavy atom. The van der Waals surface area contributed by atoms with Crippen LogP contribution in [0.25, 0.3) is 0 Å². The van der Waals surface area contributed by atoms with Crippen LogP contribution in [0.5, 0.6) is 0 Å². The number of hydrogen-bond acceptors (Lipinski definition) is 2. The van der Waals surface area contributed by atoms with Crippen molar-refractivity contribution < 1.29 is 22.4 Å². The summed E-state index contributed by atoms with van der Waals surface area (Å²) in [6.45, 7) is 10.6. The lowest BCUT2D eigenvalue weighted by Gasteiger charge is -2.38. The second-order valence-corrected chi connectivity index (χ2v) is 12.4. The second kappa shape index (κ2) is 5.74. The van der Waals surface area contributed by atoms with Crippen LogP contribution in [-0.2, 0) is 10.8 Å². The number of fused-ring (bicyclic) bond motifs is 1. The van der Waals surface area contributed by atoms with Gasteiger partial charge in [0.05, 0.1) is 6.10 Å². The normalized spacial score (nSPS) is 18.9. The highest BCUT2D eigenvalue weighted by atomic mass is 28.4. The average molecular weight is 344 g/mol. The molecule has 0 fully saturated rings. The maximum atomic E-state index is 12.8. The molecule has 0 aromatic heterocycles. The Morgan fingerprint density at radius 3 is 2.35 bits per heavy atom. The summed E-state index contributed by atoms with van der Waals surface area (Å²) >= 11 is 0. The van der Waals surface area contributed by atoms with Gasteiger partial charge in [0.25, 0.3) is 5.78 Å². The Bertz CT molecular complexity index is 615. The van der Waals surface area contributed by atoms with Crippen LogP contribution in [0.4, 0.5) is 13.2 Å². The van der Waals surface area contributed by atoms with Crippen molar-refractivity contribution in [2.75, 3.05) is 0 Å². The van der Waals surface area contributed by atoms with E-state index in [0.29, 0.717) is 18.4 Å². The van der Waals surface area contributed by atoms with Crippen molar-refractivity contribution in [1.82, 2.24) is 0 Å². The lowest BCUT2D eigenvalue weighted by molar-refractivity contribution is -0.0885. The quantitative estimate of drug-likeness (QED) is 0.539. The minimum atomic E-state index is -4.84. The highest BCUT2D eigenvalue weighted by Crippen LogP contribution is 2.44. The van der Waals surface area contributed by atoms with E-state index >= 15 is 0 Å². The van der Waals surface area contributed by atoms with Crippen LogP contribution >= 0.6 is 0 Å². The van der Waals surface area contributed by atoms with Crippen LogP contribution in [0, 0.1) is 0 Å². The SMILES string of the molecule is CC(C)(C)[Si](C)(C)OC1CCc2c(C(=O)C(F)(F)F)cccc21. The maximum Gasteiger partial charge on any atom is 0.454 e. The van der Waals surface area contributed by atoms with E-state index in [1.807, 2.05) is 0 Å². The van der Waals surface area contributed by atoms with Crippen LogP contribution in [-0.4, -0.2) is 20.3 Å². The van der Waals surface area contributed by atoms with Gasteiger partial charge in [0.1, 0.15) is 0 Å². The fourth-order valence-electron chi connectivity index (χ4n) is 2.64. The number of carbonyl (C=O) groups excluding carboxylic acids is 1. The molecule has 0 spiro atoms. The second-order valence-electron chi connectivity index (χ2n) is 7.61. The number of alkyl halides is 3. The van der Waals surface area contributed by atoms with Crippen molar-refractivity contribution in [2.24, 2.45) is 0 Å². The minimum absolute atomic E-state index is 0.0230. The minimum Gasteiger partial charge on any atom is -0.410 e. The number of rotatable bonds is 3. The van der Waals surface area contributed by atoms with Crippen molar-refractivity contribution in [1.29, 1.82) is 0 Å². The highest BCUT2D eigenvalue weighted by Gasteiger charge is 2.44. The van der Waals surface area contributed by atoms with Crippen molar-refractivity contribution in [3.63, 3.8) is 0 Å². The highest BCUT2D eigenvalue weighted by molar-refractivity contribution is 6.74. The standard InChI is InChI=1S/C17H23F3O2Si/c1-16(2,3)23(4,5)22-14-10-9-11-12(14)7-6-8-13(11)15(21)17(18,19)20/h6-8,14H,9-10H2,1-5H3. The molecule has 23 heavy (non-hydrogen) atoms. The molecule has 0 amide bonds. The smallest absolute Gasteiger partial charge is 0.410 e. The van der Waals surface area contributed by atoms with Gasteiger partial charge < -0.3 is 4.43 Å². The Hall–Kier alpha value is -1.14. The molecule has 128 valence electrons. The number of hydrogen-bond donors (Lipinski definition) is 0. The lowest BCUT2D eigenvalue weighted by Crippen LogP contribution is -2.41. The zero-order valence-corrected chi connectivity index (χ0v) is 15.2. The summed E-state index contributed by atoms with van der Waals surface area (Å²) in [6.07, 6.45) is -3.98. The Balaban J connectivity index is 2.34. The predicted octanol–water partition coefficient (Wildman–Crippen LogP) is 5.44. The van der Waals surface area contributed by atoms with Crippen molar-refractivity contribution in [3.05, 3.63) is 34.9 Å². The van der Waals surface area contributed by atoms with Gasteiger partial charge in [0, 0.05) is 5.56 Å². The molecule has 0 heterocycles. The van der Waals surface area contributed by atoms with Gasteiger partial charge in [-0.25, -0.2) is 0 Å². The summed E-state index contributed by atoms with van der Waals surface area (Å²) in [5, 5.41) is 0.0230. The molecule has 1 aliphatic carbocycles. The fraction of sp³-hybridized carbons (Fsp3) is 0.588. The van der Waals surface area contributed by atoms with Gasteiger partial charge in [-0.1, -0.05) is 39.0 Å². The zero-order valence-electron chi connectivity index (χ0n) is 14.2. The van der Waals surface area contributed by atoms with Crippen LogP contribution in [0.1, 0.15) is 54.8 Å². The molecule has 1 aromatic carbocycles. The molecule has 0 saturated heterocycles. The Kier molecular flexibility index (Phi) is 4.54. The number of Topliss-reactive ketones (excluding diaryl/α,β-unsaturated/α-hetero) is 1. The molecular weight excluding hydrogens is 321 g/mol. The fourth-order valence-corrected chi connectivity index (χ4v) is 3.95. The lowest BCUT2D eigenvalue weighted by atomic mass is 9.99. The van der Waals surface area contributed by atoms with E-state index in [0.717, 1.165) is 5.56 Å². The molecule has 0 radical (unpaired) electrons. The number of halogens is 3. The van der Waals surface area contributed by atoms with Crippen molar-refractivity contribution in [3.8, 4) is 0 Å². The summed E-state index contributed by atoms with van der Waals surface area (Å²) in [4.78, 5) is 11.6. The molecule has 2 nitrogen and oxygen atoms in total. The topological polar surface area (TPSA) is 26.3 Å². The van der Waals surface area contributed by atoms with E-state index in [1.165, 1.54) is 12.1 Å².